The van der Waals surface area contributed by atoms with Gasteiger partial charge in [-0.3, -0.25) is 14.2 Å². The van der Waals surface area contributed by atoms with Crippen molar-refractivity contribution in [3.8, 4) is 0 Å². The van der Waals surface area contributed by atoms with Gasteiger partial charge in [0.05, 0.1) is 27.7 Å². The van der Waals surface area contributed by atoms with Gasteiger partial charge in [0.15, 0.2) is 6.10 Å². The molecule has 9 nitrogen and oxygen atoms in total. The quantitative estimate of drug-likeness (QED) is 0.0195. The van der Waals surface area contributed by atoms with Crippen molar-refractivity contribution < 1.29 is 42.1 Å². The highest BCUT2D eigenvalue weighted by Crippen LogP contribution is 2.38. The number of nitrogens with zero attached hydrogens (tertiary/aromatic N) is 1. The molecule has 92 heavy (non-hydrogen) atoms. The van der Waals surface area contributed by atoms with Crippen LogP contribution in [0.4, 0.5) is 0 Å². The second kappa shape index (κ2) is 71.7. The third-order valence-corrected chi connectivity index (χ3v) is 17.4. The van der Waals surface area contributed by atoms with E-state index in [-0.39, 0.29) is 32.0 Å². The van der Waals surface area contributed by atoms with Gasteiger partial charge < -0.3 is 27.9 Å². The second-order valence-electron chi connectivity index (χ2n) is 26.6. The van der Waals surface area contributed by atoms with Crippen LogP contribution >= 0.6 is 7.82 Å². The fourth-order valence-corrected chi connectivity index (χ4v) is 11.4. The molecule has 10 heteroatoms. The number of rotatable bonds is 70. The summed E-state index contributed by atoms with van der Waals surface area (Å²) in [4.78, 5) is 38.1. The Morgan fingerprint density at radius 3 is 0.935 bits per heavy atom. The number of allylic oxidation sites excluding steroid dienone is 20. The van der Waals surface area contributed by atoms with Crippen molar-refractivity contribution in [2.45, 2.75) is 341 Å². The summed E-state index contributed by atoms with van der Waals surface area (Å²) in [5.41, 5.74) is 0. The van der Waals surface area contributed by atoms with Crippen molar-refractivity contribution in [1.29, 1.82) is 0 Å². The number of phosphoric ester groups is 1. The van der Waals surface area contributed by atoms with Gasteiger partial charge in [-0.2, -0.15) is 0 Å². The van der Waals surface area contributed by atoms with Gasteiger partial charge in [-0.15, -0.1) is 0 Å². The van der Waals surface area contributed by atoms with Gasteiger partial charge in [-0.25, -0.2) is 0 Å². The van der Waals surface area contributed by atoms with Crippen LogP contribution in [0.3, 0.4) is 0 Å². The number of carbonyl (C=O) groups excluding carboxylic acids is 2. The van der Waals surface area contributed by atoms with Crippen molar-refractivity contribution in [1.82, 2.24) is 0 Å². The molecule has 0 aliphatic rings. The molecule has 0 N–H and O–H groups in total. The lowest BCUT2D eigenvalue weighted by molar-refractivity contribution is -0.870. The molecule has 0 aromatic heterocycles. The summed E-state index contributed by atoms with van der Waals surface area (Å²) in [5, 5.41) is 0. The highest BCUT2D eigenvalue weighted by atomic mass is 31.2. The molecule has 0 spiro atoms. The molecular formula is C82H144NO8P. The summed E-state index contributed by atoms with van der Waals surface area (Å²) in [7, 11) is 1.16. The lowest BCUT2D eigenvalue weighted by atomic mass is 10.0. The SMILES string of the molecule is CC/C=C\C/C=C\C/C=C\C/C=C\C/C=C\C/C=C\C/C=C\C/C=C\C/C=C\CCCCCCCCCCCCCC(=O)OC(COC(=O)CCCCCCCCCCCCCCCCCCC/C=C\CCCCCCCCCC)COP(=O)([O-])OCC[N+](C)(C)C. The monoisotopic (exact) mass is 1300 g/mol. The van der Waals surface area contributed by atoms with Gasteiger partial charge in [-0.1, -0.05) is 334 Å². The van der Waals surface area contributed by atoms with Gasteiger partial charge in [-0.05, 0) is 109 Å². The lowest BCUT2D eigenvalue weighted by Gasteiger charge is -2.28. The number of hydrogen-bond donors (Lipinski definition) is 0. The van der Waals surface area contributed by atoms with Gasteiger partial charge >= 0.3 is 11.9 Å². The Balaban J connectivity index is 4.03. The summed E-state index contributed by atoms with van der Waals surface area (Å²) < 4.78 is 34.4. The Bertz CT molecular complexity index is 1970. The van der Waals surface area contributed by atoms with Gasteiger partial charge in [0, 0.05) is 12.8 Å². The predicted octanol–water partition coefficient (Wildman–Crippen LogP) is 24.8. The van der Waals surface area contributed by atoms with Crippen LogP contribution in [-0.2, 0) is 32.7 Å². The topological polar surface area (TPSA) is 111 Å². The zero-order valence-corrected chi connectivity index (χ0v) is 61.4. The lowest BCUT2D eigenvalue weighted by Crippen LogP contribution is -2.37. The molecule has 2 unspecified atom stereocenters. The maximum absolute atomic E-state index is 12.9. The molecule has 530 valence electrons. The summed E-state index contributed by atoms with van der Waals surface area (Å²) in [6, 6.07) is 0. The van der Waals surface area contributed by atoms with E-state index in [0.29, 0.717) is 17.4 Å². The van der Waals surface area contributed by atoms with E-state index in [1.807, 2.05) is 21.1 Å². The van der Waals surface area contributed by atoms with E-state index in [1.165, 1.54) is 199 Å². The molecule has 0 aliphatic heterocycles. The number of esters is 2. The molecular weight excluding hydrogens is 1160 g/mol. The first-order chi connectivity index (χ1) is 45.0. The number of phosphoric acid groups is 1. The fraction of sp³-hybridized carbons (Fsp3) is 0.732. The molecule has 0 saturated carbocycles. The number of ether oxygens (including phenoxy) is 2. The summed E-state index contributed by atoms with van der Waals surface area (Å²) in [5.74, 6) is -0.829. The summed E-state index contributed by atoms with van der Waals surface area (Å²) in [6.45, 7) is 4.16. The van der Waals surface area contributed by atoms with Crippen molar-refractivity contribution in [2.75, 3.05) is 47.5 Å². The molecule has 0 rings (SSSR count). The van der Waals surface area contributed by atoms with Crippen LogP contribution in [0.5, 0.6) is 0 Å². The largest absolute Gasteiger partial charge is 0.756 e. The Morgan fingerprint density at radius 1 is 0.348 bits per heavy atom. The van der Waals surface area contributed by atoms with Gasteiger partial charge in [0.1, 0.15) is 19.8 Å². The van der Waals surface area contributed by atoms with E-state index < -0.39 is 26.5 Å². The molecule has 0 aromatic rings. The first-order valence-corrected chi connectivity index (χ1v) is 39.7. The van der Waals surface area contributed by atoms with Crippen molar-refractivity contribution in [3.63, 3.8) is 0 Å². The number of carbonyl (C=O) groups is 2. The molecule has 0 aliphatic carbocycles. The standard InChI is InChI=1S/C82H144NO8P/c1-6-8-10-12-14-16-18-20-22-24-26-28-30-32-34-36-37-38-39-40-41-42-43-44-45-47-49-51-53-55-57-59-61-63-65-67-69-71-73-75-82(85)91-80(79-90-92(86,87)89-77-76-83(3,4)5)78-88-81(84)74-72-70-68-66-64-62-60-58-56-54-52-50-48-46-35-33-31-29-27-25-23-21-19-17-15-13-11-9-7-2/h8,10,14,16,20,22,25-28,32,34,37-38,40-41,43-44,47,49,80H,6-7,9,11-13,15,17-19,21,23-24,29-31,33,35-36,39,42,45-46,48,50-79H2,1-5H3/b10-8-,16-14-,22-20-,27-25-,28-26-,34-32-,38-37-,41-40-,44-43-,49-47-. The molecule has 0 fully saturated rings. The third kappa shape index (κ3) is 75.4. The van der Waals surface area contributed by atoms with E-state index in [0.717, 1.165) is 103 Å². The van der Waals surface area contributed by atoms with E-state index in [9.17, 15) is 19.0 Å². The van der Waals surface area contributed by atoms with Crippen LogP contribution in [0.2, 0.25) is 0 Å². The Morgan fingerprint density at radius 2 is 0.620 bits per heavy atom. The minimum absolute atomic E-state index is 0.0347. The first-order valence-electron chi connectivity index (χ1n) is 38.2. The average molecular weight is 1300 g/mol. The normalized spacial score (nSPS) is 13.8. The van der Waals surface area contributed by atoms with E-state index >= 15 is 0 Å². The molecule has 0 amide bonds. The minimum atomic E-state index is -4.65. The average Bonchev–Trinajstić information content (AvgIpc) is 2.14. The molecule has 0 radical (unpaired) electrons. The van der Waals surface area contributed by atoms with Crippen molar-refractivity contribution in [2.24, 2.45) is 0 Å². The zero-order valence-electron chi connectivity index (χ0n) is 60.5. The molecule has 0 aromatic carbocycles. The Hall–Kier alpha value is -3.59. The van der Waals surface area contributed by atoms with Gasteiger partial charge in [0.25, 0.3) is 7.82 Å². The summed E-state index contributed by atoms with van der Waals surface area (Å²) >= 11 is 0. The van der Waals surface area contributed by atoms with E-state index in [2.05, 4.69) is 135 Å². The molecule has 2 atom stereocenters. The predicted molar refractivity (Wildman–Crippen MR) is 397 cm³/mol. The van der Waals surface area contributed by atoms with E-state index in [1.54, 1.807) is 0 Å². The Kier molecular flexibility index (Phi) is 68.9. The highest BCUT2D eigenvalue weighted by Gasteiger charge is 2.22. The van der Waals surface area contributed by atoms with Crippen LogP contribution in [0.15, 0.2) is 122 Å². The maximum Gasteiger partial charge on any atom is 0.306 e. The van der Waals surface area contributed by atoms with Crippen LogP contribution in [0, 0.1) is 0 Å². The number of likely N-dealkylation sites (N-methyl/N-ethyl adjacent to an activating group) is 1. The fourth-order valence-electron chi connectivity index (χ4n) is 10.6. The van der Waals surface area contributed by atoms with Crippen LogP contribution in [0.25, 0.3) is 0 Å². The number of unbranched alkanes of at least 4 members (excludes halogenated alkanes) is 36. The van der Waals surface area contributed by atoms with E-state index in [4.69, 9.17) is 18.5 Å². The first kappa shape index (κ1) is 88.4. The number of quaternary nitrogens is 1. The third-order valence-electron chi connectivity index (χ3n) is 16.5. The molecule has 0 saturated heterocycles. The van der Waals surface area contributed by atoms with Crippen molar-refractivity contribution in [3.05, 3.63) is 122 Å². The summed E-state index contributed by atoms with van der Waals surface area (Å²) in [6.07, 6.45) is 103. The smallest absolute Gasteiger partial charge is 0.306 e. The highest BCUT2D eigenvalue weighted by molar-refractivity contribution is 7.45. The van der Waals surface area contributed by atoms with Crippen LogP contribution in [-0.4, -0.2) is 70.0 Å². The number of hydrogen-bond acceptors (Lipinski definition) is 8. The maximum atomic E-state index is 12.9. The van der Waals surface area contributed by atoms with Crippen molar-refractivity contribution >= 4 is 19.8 Å². The molecule has 0 heterocycles. The second-order valence-corrected chi connectivity index (χ2v) is 28.0. The Labute approximate surface area is 568 Å². The van der Waals surface area contributed by atoms with Crippen LogP contribution < -0.4 is 4.89 Å². The van der Waals surface area contributed by atoms with Crippen LogP contribution in [0.1, 0.15) is 335 Å². The van der Waals surface area contributed by atoms with Gasteiger partial charge in [0.2, 0.25) is 0 Å². The minimum Gasteiger partial charge on any atom is -0.756 e. The molecule has 0 bridgehead atoms. The zero-order chi connectivity index (χ0) is 66.9.